The van der Waals surface area contributed by atoms with Crippen LogP contribution in [0.2, 0.25) is 0 Å². The lowest BCUT2D eigenvalue weighted by molar-refractivity contribution is -0.0454. The third-order valence-electron chi connectivity index (χ3n) is 6.14. The summed E-state index contributed by atoms with van der Waals surface area (Å²) < 4.78 is 13.9. The largest absolute Gasteiger partial charge is 0.491 e. The Bertz CT molecular complexity index is 1270. The van der Waals surface area contributed by atoms with Gasteiger partial charge in [-0.3, -0.25) is 4.98 Å². The Hall–Kier alpha value is -3.23. The minimum atomic E-state index is -0.667. The molecule has 3 N–H and O–H groups in total. The summed E-state index contributed by atoms with van der Waals surface area (Å²) in [6.07, 6.45) is 6.76. The molecule has 0 amide bonds. The van der Waals surface area contributed by atoms with Gasteiger partial charge in [0.15, 0.2) is 6.23 Å². The number of fused-ring (bicyclic) bond motifs is 2. The number of nitrogens with zero attached hydrogens (tertiary/aromatic N) is 4. The van der Waals surface area contributed by atoms with E-state index in [0.717, 1.165) is 22.0 Å². The predicted molar refractivity (Wildman–Crippen MR) is 116 cm³/mol. The number of aliphatic hydroxyl groups excluding tert-OH is 1. The average molecular weight is 417 g/mol. The van der Waals surface area contributed by atoms with Gasteiger partial charge in [-0.15, -0.1) is 0 Å². The fourth-order valence-corrected chi connectivity index (χ4v) is 4.32. The number of hydrogen-bond acceptors (Lipinski definition) is 7. The Morgan fingerprint density at radius 3 is 2.94 bits per heavy atom. The first-order chi connectivity index (χ1) is 15.2. The van der Waals surface area contributed by atoms with Gasteiger partial charge in [0.1, 0.15) is 36.3 Å². The van der Waals surface area contributed by atoms with Crippen molar-refractivity contribution in [2.24, 2.45) is 0 Å². The molecule has 1 aliphatic heterocycles. The number of benzene rings is 1. The molecule has 4 heterocycles. The van der Waals surface area contributed by atoms with Crippen LogP contribution in [-0.4, -0.2) is 43.4 Å². The minimum Gasteiger partial charge on any atom is -0.491 e. The smallest absolute Gasteiger partial charge is 0.161 e. The van der Waals surface area contributed by atoms with Crippen molar-refractivity contribution in [3.63, 3.8) is 0 Å². The molecule has 1 saturated heterocycles. The van der Waals surface area contributed by atoms with Crippen molar-refractivity contribution in [3.05, 3.63) is 54.6 Å². The van der Waals surface area contributed by atoms with Crippen molar-refractivity contribution < 1.29 is 14.6 Å². The Morgan fingerprint density at radius 2 is 2.06 bits per heavy atom. The number of anilines is 1. The number of pyridine rings is 1. The van der Waals surface area contributed by atoms with Crippen molar-refractivity contribution in [3.8, 4) is 5.75 Å². The number of ether oxygens (including phenoxy) is 2. The van der Waals surface area contributed by atoms with Gasteiger partial charge in [0, 0.05) is 30.3 Å². The summed E-state index contributed by atoms with van der Waals surface area (Å²) in [6.45, 7) is 0.343. The maximum atomic E-state index is 10.6. The zero-order chi connectivity index (χ0) is 20.9. The highest BCUT2D eigenvalue weighted by Gasteiger charge is 2.36. The molecule has 6 rings (SSSR count). The van der Waals surface area contributed by atoms with Gasteiger partial charge in [-0.05, 0) is 48.6 Å². The van der Waals surface area contributed by atoms with E-state index in [4.69, 9.17) is 15.2 Å². The monoisotopic (exact) mass is 417 g/mol. The van der Waals surface area contributed by atoms with Gasteiger partial charge in [-0.1, -0.05) is 0 Å². The normalized spacial score (nSPS) is 23.6. The third-order valence-corrected chi connectivity index (χ3v) is 6.14. The summed E-state index contributed by atoms with van der Waals surface area (Å²) in [5.74, 6) is 1.84. The van der Waals surface area contributed by atoms with Crippen molar-refractivity contribution in [2.75, 3.05) is 12.3 Å². The van der Waals surface area contributed by atoms with E-state index in [1.54, 1.807) is 4.57 Å². The molecule has 0 radical (unpaired) electrons. The third kappa shape index (κ3) is 3.37. The minimum absolute atomic E-state index is 0.238. The molecule has 158 valence electrons. The summed E-state index contributed by atoms with van der Waals surface area (Å²) in [4.78, 5) is 12.9. The van der Waals surface area contributed by atoms with Crippen LogP contribution in [0.25, 0.3) is 21.9 Å². The van der Waals surface area contributed by atoms with Crippen LogP contribution in [0.1, 0.15) is 37.0 Å². The summed E-state index contributed by atoms with van der Waals surface area (Å²) in [7, 11) is 0. The van der Waals surface area contributed by atoms with Gasteiger partial charge >= 0.3 is 0 Å². The zero-order valence-corrected chi connectivity index (χ0v) is 16.9. The second-order valence-electron chi connectivity index (χ2n) is 8.38. The molecule has 8 nitrogen and oxygen atoms in total. The van der Waals surface area contributed by atoms with E-state index < -0.39 is 12.3 Å². The molecule has 31 heavy (non-hydrogen) atoms. The van der Waals surface area contributed by atoms with E-state index in [2.05, 4.69) is 21.0 Å². The molecule has 0 bridgehead atoms. The topological polar surface area (TPSA) is 108 Å². The lowest BCUT2D eigenvalue weighted by Gasteiger charge is -2.18. The van der Waals surface area contributed by atoms with Crippen LogP contribution in [0.4, 0.5) is 5.82 Å². The van der Waals surface area contributed by atoms with Crippen molar-refractivity contribution in [1.82, 2.24) is 19.5 Å². The fraction of sp³-hybridized carbons (Fsp3) is 0.348. The molecule has 3 aromatic heterocycles. The molecule has 8 heteroatoms. The average Bonchev–Trinajstić information content (AvgIpc) is 3.44. The summed E-state index contributed by atoms with van der Waals surface area (Å²) in [5, 5.41) is 12.5. The van der Waals surface area contributed by atoms with Crippen LogP contribution in [0.3, 0.4) is 0 Å². The first-order valence-corrected chi connectivity index (χ1v) is 10.6. The molecule has 0 spiro atoms. The number of aromatic nitrogens is 4. The van der Waals surface area contributed by atoms with Crippen LogP contribution in [0.15, 0.2) is 49.1 Å². The molecule has 0 unspecified atom stereocenters. The first-order valence-electron chi connectivity index (χ1n) is 10.6. The molecular weight excluding hydrogens is 394 g/mol. The Labute approximate surface area is 178 Å². The van der Waals surface area contributed by atoms with Crippen LogP contribution in [-0.2, 0) is 4.74 Å². The molecule has 1 aromatic carbocycles. The van der Waals surface area contributed by atoms with E-state index in [1.165, 1.54) is 24.7 Å². The van der Waals surface area contributed by atoms with Crippen LogP contribution >= 0.6 is 0 Å². The SMILES string of the molecule is Nc1ncnc2c1ccn2[C@@H]1O[C@H](COc2ccc3cc(C4CC4)cnc3c2)C[C@H]1O. The quantitative estimate of drug-likeness (QED) is 0.513. The lowest BCUT2D eigenvalue weighted by atomic mass is 10.1. The molecule has 2 fully saturated rings. The highest BCUT2D eigenvalue weighted by atomic mass is 16.6. The molecule has 2 aliphatic rings. The van der Waals surface area contributed by atoms with Crippen LogP contribution in [0.5, 0.6) is 5.75 Å². The number of aliphatic hydroxyl groups is 1. The molecule has 1 saturated carbocycles. The van der Waals surface area contributed by atoms with E-state index >= 15 is 0 Å². The van der Waals surface area contributed by atoms with Gasteiger partial charge < -0.3 is 24.9 Å². The number of nitrogens with two attached hydrogens (primary N) is 1. The maximum absolute atomic E-state index is 10.6. The second kappa shape index (κ2) is 7.18. The highest BCUT2D eigenvalue weighted by molar-refractivity contribution is 5.86. The van der Waals surface area contributed by atoms with Crippen LogP contribution in [0, 0.1) is 0 Å². The summed E-state index contributed by atoms with van der Waals surface area (Å²) >= 11 is 0. The van der Waals surface area contributed by atoms with Gasteiger partial charge in [0.05, 0.1) is 17.0 Å². The summed E-state index contributed by atoms with van der Waals surface area (Å²) in [6, 6.07) is 10.0. The first kappa shape index (κ1) is 18.5. The number of nitrogen functional groups attached to an aromatic ring is 1. The van der Waals surface area contributed by atoms with Gasteiger partial charge in [0.2, 0.25) is 0 Å². The van der Waals surface area contributed by atoms with Crippen LogP contribution < -0.4 is 10.5 Å². The molecule has 4 aromatic rings. The van der Waals surface area contributed by atoms with Crippen molar-refractivity contribution >= 4 is 27.8 Å². The maximum Gasteiger partial charge on any atom is 0.161 e. The molecule has 3 atom stereocenters. The molecule has 1 aliphatic carbocycles. The predicted octanol–water partition coefficient (Wildman–Crippen LogP) is 3.17. The Kier molecular flexibility index (Phi) is 4.29. The second-order valence-corrected chi connectivity index (χ2v) is 8.38. The molecular formula is C23H23N5O3. The fourth-order valence-electron chi connectivity index (χ4n) is 4.32. The van der Waals surface area contributed by atoms with E-state index in [0.29, 0.717) is 30.4 Å². The van der Waals surface area contributed by atoms with Gasteiger partial charge in [-0.25, -0.2) is 9.97 Å². The Balaban J connectivity index is 1.15. The summed E-state index contributed by atoms with van der Waals surface area (Å²) in [5.41, 5.74) is 8.80. The number of rotatable bonds is 5. The standard InChI is InChI=1S/C23H23N5O3/c24-21-18-5-6-28(22(18)27-12-26-21)23-20(29)9-17(31-23)11-30-16-4-3-14-7-15(13-1-2-13)10-25-19(14)8-16/h3-8,10,12-13,17,20,23,29H,1-2,9,11H2,(H2,24,26,27)/t17-,20+,23+/m0/s1. The highest BCUT2D eigenvalue weighted by Crippen LogP contribution is 2.40. The Morgan fingerprint density at radius 1 is 1.16 bits per heavy atom. The zero-order valence-electron chi connectivity index (χ0n) is 16.9. The van der Waals surface area contributed by atoms with Gasteiger partial charge in [-0.2, -0.15) is 0 Å². The van der Waals surface area contributed by atoms with E-state index in [9.17, 15) is 5.11 Å². The van der Waals surface area contributed by atoms with E-state index in [-0.39, 0.29) is 6.10 Å². The van der Waals surface area contributed by atoms with Crippen molar-refractivity contribution in [1.29, 1.82) is 0 Å². The van der Waals surface area contributed by atoms with Gasteiger partial charge in [0.25, 0.3) is 0 Å². The lowest BCUT2D eigenvalue weighted by Crippen LogP contribution is -2.19. The van der Waals surface area contributed by atoms with E-state index in [1.807, 2.05) is 36.7 Å². The number of hydrogen-bond donors (Lipinski definition) is 2. The van der Waals surface area contributed by atoms with Crippen molar-refractivity contribution in [2.45, 2.75) is 43.6 Å².